The van der Waals surface area contributed by atoms with E-state index in [1.165, 1.54) is 25.7 Å². The summed E-state index contributed by atoms with van der Waals surface area (Å²) in [4.78, 5) is 0. The van der Waals surface area contributed by atoms with Gasteiger partial charge in [0.05, 0.1) is 0 Å². The summed E-state index contributed by atoms with van der Waals surface area (Å²) in [6, 6.07) is 0.736. The highest BCUT2D eigenvalue weighted by Crippen LogP contribution is 2.24. The molecule has 1 saturated carbocycles. The van der Waals surface area contributed by atoms with Gasteiger partial charge in [-0.2, -0.15) is 0 Å². The molecular weight excluding hydrogens is 134 g/mol. The normalized spacial score (nSPS) is 32.9. The number of allylic oxidation sites excluding steroid dienone is 1. The van der Waals surface area contributed by atoms with Gasteiger partial charge in [-0.1, -0.05) is 25.0 Å². The average molecular weight is 153 g/mol. The van der Waals surface area contributed by atoms with Gasteiger partial charge in [0.2, 0.25) is 0 Å². The van der Waals surface area contributed by atoms with Crippen molar-refractivity contribution in [2.45, 2.75) is 38.6 Å². The third-order valence-corrected chi connectivity index (χ3v) is 2.63. The molecule has 0 aromatic rings. The third kappa shape index (κ3) is 2.33. The first-order valence-electron chi connectivity index (χ1n) is 4.68. The molecule has 0 aromatic heterocycles. The molecule has 64 valence electrons. The molecule has 0 spiro atoms. The van der Waals surface area contributed by atoms with E-state index in [4.69, 9.17) is 0 Å². The van der Waals surface area contributed by atoms with Gasteiger partial charge in [-0.05, 0) is 32.7 Å². The van der Waals surface area contributed by atoms with Crippen molar-refractivity contribution in [3.8, 4) is 0 Å². The van der Waals surface area contributed by atoms with Crippen molar-refractivity contribution < 1.29 is 0 Å². The molecular formula is C10H19N. The first-order valence-corrected chi connectivity index (χ1v) is 4.68. The fraction of sp³-hybridized carbons (Fsp3) is 0.800. The van der Waals surface area contributed by atoms with Crippen LogP contribution in [-0.4, -0.2) is 13.1 Å². The average Bonchev–Trinajstić information content (AvgIpc) is 2.06. The van der Waals surface area contributed by atoms with E-state index in [0.717, 1.165) is 12.0 Å². The van der Waals surface area contributed by atoms with Gasteiger partial charge < -0.3 is 5.32 Å². The third-order valence-electron chi connectivity index (χ3n) is 2.63. The fourth-order valence-corrected chi connectivity index (χ4v) is 2.00. The van der Waals surface area contributed by atoms with Crippen molar-refractivity contribution >= 4 is 0 Å². The molecule has 1 nitrogen and oxygen atoms in total. The summed E-state index contributed by atoms with van der Waals surface area (Å²) < 4.78 is 0. The monoisotopic (exact) mass is 153 g/mol. The minimum Gasteiger partial charge on any atom is -0.316 e. The highest BCUT2D eigenvalue weighted by atomic mass is 14.9. The molecule has 1 aliphatic carbocycles. The Kier molecular flexibility index (Phi) is 3.64. The Labute approximate surface area is 69.9 Å². The molecule has 11 heavy (non-hydrogen) atoms. The van der Waals surface area contributed by atoms with Gasteiger partial charge in [0.25, 0.3) is 0 Å². The van der Waals surface area contributed by atoms with Gasteiger partial charge in [0.1, 0.15) is 0 Å². The summed E-state index contributed by atoms with van der Waals surface area (Å²) in [7, 11) is 2.08. The van der Waals surface area contributed by atoms with E-state index < -0.39 is 0 Å². The molecule has 0 radical (unpaired) electrons. The highest BCUT2D eigenvalue weighted by molar-refractivity contribution is 4.94. The first kappa shape index (κ1) is 8.79. The summed E-state index contributed by atoms with van der Waals surface area (Å²) in [5.41, 5.74) is 0. The lowest BCUT2D eigenvalue weighted by molar-refractivity contribution is 0.322. The molecule has 0 amide bonds. The molecule has 0 aliphatic heterocycles. The van der Waals surface area contributed by atoms with Gasteiger partial charge in [-0.3, -0.25) is 0 Å². The van der Waals surface area contributed by atoms with Crippen LogP contribution in [0.2, 0.25) is 0 Å². The predicted octanol–water partition coefficient (Wildman–Crippen LogP) is 2.34. The summed E-state index contributed by atoms with van der Waals surface area (Å²) >= 11 is 0. The minimum absolute atomic E-state index is 0.736. The maximum absolute atomic E-state index is 3.39. The second-order valence-corrected chi connectivity index (χ2v) is 3.37. The van der Waals surface area contributed by atoms with Crippen LogP contribution >= 0.6 is 0 Å². The van der Waals surface area contributed by atoms with Crippen molar-refractivity contribution in [2.75, 3.05) is 7.05 Å². The Balaban J connectivity index is 2.44. The zero-order chi connectivity index (χ0) is 8.10. The molecule has 0 saturated heterocycles. The van der Waals surface area contributed by atoms with Crippen LogP contribution in [0.1, 0.15) is 32.6 Å². The van der Waals surface area contributed by atoms with E-state index in [2.05, 4.69) is 31.4 Å². The maximum Gasteiger partial charge on any atom is 0.0127 e. The van der Waals surface area contributed by atoms with Crippen LogP contribution < -0.4 is 5.32 Å². The van der Waals surface area contributed by atoms with Gasteiger partial charge in [0.15, 0.2) is 0 Å². The van der Waals surface area contributed by atoms with Crippen LogP contribution in [0.5, 0.6) is 0 Å². The molecule has 1 rings (SSSR count). The van der Waals surface area contributed by atoms with Crippen molar-refractivity contribution in [1.29, 1.82) is 0 Å². The fourth-order valence-electron chi connectivity index (χ4n) is 2.00. The topological polar surface area (TPSA) is 12.0 Å². The van der Waals surface area contributed by atoms with Crippen LogP contribution in [0.4, 0.5) is 0 Å². The highest BCUT2D eigenvalue weighted by Gasteiger charge is 2.20. The molecule has 1 N–H and O–H groups in total. The van der Waals surface area contributed by atoms with Crippen molar-refractivity contribution in [2.24, 2.45) is 5.92 Å². The number of hydrogen-bond donors (Lipinski definition) is 1. The molecule has 1 fully saturated rings. The van der Waals surface area contributed by atoms with E-state index in [9.17, 15) is 0 Å². The lowest BCUT2D eigenvalue weighted by Gasteiger charge is -2.28. The number of hydrogen-bond acceptors (Lipinski definition) is 1. The van der Waals surface area contributed by atoms with E-state index in [-0.39, 0.29) is 0 Å². The van der Waals surface area contributed by atoms with Crippen LogP contribution in [-0.2, 0) is 0 Å². The standard InChI is InChI=1S/C10H19N/c1-3-6-9-7-4-5-8-10(9)11-2/h3,6,9-11H,4-5,7-8H2,1-2H3/b6-3+. The van der Waals surface area contributed by atoms with Crippen LogP contribution in [0.15, 0.2) is 12.2 Å². The van der Waals surface area contributed by atoms with E-state index in [1.54, 1.807) is 0 Å². The van der Waals surface area contributed by atoms with Gasteiger partial charge in [0, 0.05) is 6.04 Å². The molecule has 2 unspecified atom stereocenters. The predicted molar refractivity (Wildman–Crippen MR) is 49.6 cm³/mol. The molecule has 0 aromatic carbocycles. The summed E-state index contributed by atoms with van der Waals surface area (Å²) in [6.07, 6.45) is 10.1. The van der Waals surface area contributed by atoms with Crippen molar-refractivity contribution in [3.63, 3.8) is 0 Å². The Bertz CT molecular complexity index is 129. The second kappa shape index (κ2) is 4.55. The molecule has 0 heterocycles. The maximum atomic E-state index is 3.39. The Morgan fingerprint density at radius 3 is 2.64 bits per heavy atom. The van der Waals surface area contributed by atoms with E-state index >= 15 is 0 Å². The van der Waals surface area contributed by atoms with Crippen molar-refractivity contribution in [3.05, 3.63) is 12.2 Å². The van der Waals surface area contributed by atoms with Gasteiger partial charge in [-0.25, -0.2) is 0 Å². The molecule has 0 bridgehead atoms. The molecule has 2 atom stereocenters. The van der Waals surface area contributed by atoms with Crippen LogP contribution in [0.3, 0.4) is 0 Å². The Hall–Kier alpha value is -0.300. The molecule has 1 heteroatoms. The van der Waals surface area contributed by atoms with Gasteiger partial charge in [-0.15, -0.1) is 0 Å². The zero-order valence-corrected chi connectivity index (χ0v) is 7.64. The smallest absolute Gasteiger partial charge is 0.0127 e. The summed E-state index contributed by atoms with van der Waals surface area (Å²) in [6.45, 7) is 2.11. The lowest BCUT2D eigenvalue weighted by atomic mass is 9.84. The quantitative estimate of drug-likeness (QED) is 0.600. The van der Waals surface area contributed by atoms with Crippen LogP contribution in [0, 0.1) is 5.92 Å². The largest absolute Gasteiger partial charge is 0.316 e. The van der Waals surface area contributed by atoms with E-state index in [0.29, 0.717) is 0 Å². The summed E-state index contributed by atoms with van der Waals surface area (Å²) in [5, 5.41) is 3.39. The first-order chi connectivity index (χ1) is 5.38. The number of nitrogens with one attached hydrogen (secondary N) is 1. The zero-order valence-electron chi connectivity index (χ0n) is 7.64. The van der Waals surface area contributed by atoms with Crippen LogP contribution in [0.25, 0.3) is 0 Å². The van der Waals surface area contributed by atoms with Crippen molar-refractivity contribution in [1.82, 2.24) is 5.32 Å². The lowest BCUT2D eigenvalue weighted by Crippen LogP contribution is -2.34. The molecule has 1 aliphatic rings. The Morgan fingerprint density at radius 2 is 2.00 bits per heavy atom. The minimum atomic E-state index is 0.736. The Morgan fingerprint density at radius 1 is 1.27 bits per heavy atom. The second-order valence-electron chi connectivity index (χ2n) is 3.37. The van der Waals surface area contributed by atoms with E-state index in [1.807, 2.05) is 0 Å². The SMILES string of the molecule is C/C=C/C1CCCCC1NC. The van der Waals surface area contributed by atoms with Gasteiger partial charge >= 0.3 is 0 Å². The number of rotatable bonds is 2. The summed E-state index contributed by atoms with van der Waals surface area (Å²) in [5.74, 6) is 0.791.